The molecule has 1 aliphatic heterocycles. The molecule has 0 spiro atoms. The quantitative estimate of drug-likeness (QED) is 0.822. The van der Waals surface area contributed by atoms with Crippen LogP contribution in [0.4, 0.5) is 0 Å². The average Bonchev–Trinajstić information content (AvgIpc) is 3.27. The van der Waals surface area contributed by atoms with E-state index >= 15 is 0 Å². The number of nitrogens with zero attached hydrogens (tertiary/aromatic N) is 1. The van der Waals surface area contributed by atoms with E-state index in [1.807, 2.05) is 0 Å². The van der Waals surface area contributed by atoms with Crippen LogP contribution in [0, 0.1) is 11.8 Å². The summed E-state index contributed by atoms with van der Waals surface area (Å²) >= 11 is 0. The third-order valence-electron chi connectivity index (χ3n) is 6.15. The zero-order valence-electron chi connectivity index (χ0n) is 13.6. The van der Waals surface area contributed by atoms with E-state index in [2.05, 4.69) is 24.1 Å². The highest BCUT2D eigenvalue weighted by molar-refractivity contribution is 5.01. The van der Waals surface area contributed by atoms with Crippen LogP contribution >= 0.6 is 0 Å². The summed E-state index contributed by atoms with van der Waals surface area (Å²) in [5.74, 6) is 1.99. The lowest BCUT2D eigenvalue weighted by Crippen LogP contribution is -2.59. The fraction of sp³-hybridized carbons (Fsp3) is 1.00. The van der Waals surface area contributed by atoms with Crippen molar-refractivity contribution in [1.82, 2.24) is 10.2 Å². The first-order valence-corrected chi connectivity index (χ1v) is 9.32. The van der Waals surface area contributed by atoms with Crippen LogP contribution in [-0.4, -0.2) is 36.1 Å². The molecule has 1 N–H and O–H groups in total. The van der Waals surface area contributed by atoms with Crippen LogP contribution in [0.1, 0.15) is 71.6 Å². The Balaban J connectivity index is 1.58. The van der Waals surface area contributed by atoms with E-state index in [9.17, 15) is 0 Å². The van der Waals surface area contributed by atoms with E-state index in [0.29, 0.717) is 0 Å². The van der Waals surface area contributed by atoms with E-state index in [-0.39, 0.29) is 0 Å². The molecule has 0 amide bonds. The van der Waals surface area contributed by atoms with Crippen LogP contribution in [0.2, 0.25) is 0 Å². The summed E-state index contributed by atoms with van der Waals surface area (Å²) in [4.78, 5) is 2.91. The minimum Gasteiger partial charge on any atom is -0.311 e. The van der Waals surface area contributed by atoms with Gasteiger partial charge >= 0.3 is 0 Å². The van der Waals surface area contributed by atoms with Crippen molar-refractivity contribution < 1.29 is 0 Å². The number of nitrogens with one attached hydrogen (secondary N) is 1. The molecule has 0 radical (unpaired) electrons. The van der Waals surface area contributed by atoms with Gasteiger partial charge in [0.1, 0.15) is 0 Å². The lowest BCUT2D eigenvalue weighted by Gasteiger charge is -2.44. The first kappa shape index (κ1) is 14.8. The maximum Gasteiger partial charge on any atom is 0.0224 e. The van der Waals surface area contributed by atoms with Gasteiger partial charge in [-0.1, -0.05) is 39.5 Å². The zero-order chi connectivity index (χ0) is 13.9. The van der Waals surface area contributed by atoms with Gasteiger partial charge in [0, 0.05) is 31.2 Å². The molecule has 0 aromatic carbocycles. The molecule has 3 aliphatic rings. The highest BCUT2D eigenvalue weighted by atomic mass is 15.3. The Kier molecular flexibility index (Phi) is 5.04. The highest BCUT2D eigenvalue weighted by Crippen LogP contribution is 2.42. The molecule has 4 atom stereocenters. The van der Waals surface area contributed by atoms with Gasteiger partial charge in [-0.05, 0) is 43.9 Å². The second-order valence-electron chi connectivity index (χ2n) is 7.52. The van der Waals surface area contributed by atoms with Crippen LogP contribution in [-0.2, 0) is 0 Å². The maximum atomic E-state index is 3.91. The predicted molar refractivity (Wildman–Crippen MR) is 86.0 cm³/mol. The first-order chi connectivity index (χ1) is 9.83. The van der Waals surface area contributed by atoms with E-state index in [4.69, 9.17) is 0 Å². The fourth-order valence-electron chi connectivity index (χ4n) is 4.80. The molecule has 2 nitrogen and oxygen atoms in total. The van der Waals surface area contributed by atoms with Crippen LogP contribution in [0.3, 0.4) is 0 Å². The number of hydrogen-bond acceptors (Lipinski definition) is 2. The lowest BCUT2D eigenvalue weighted by molar-refractivity contribution is 0.0818. The molecule has 0 aromatic heterocycles. The van der Waals surface area contributed by atoms with Gasteiger partial charge in [-0.3, -0.25) is 4.90 Å². The Morgan fingerprint density at radius 2 is 1.90 bits per heavy atom. The average molecular weight is 278 g/mol. The molecule has 0 aromatic rings. The lowest BCUT2D eigenvalue weighted by atomic mass is 9.82. The Morgan fingerprint density at radius 3 is 2.60 bits per heavy atom. The number of hydrogen-bond donors (Lipinski definition) is 1. The van der Waals surface area contributed by atoms with Crippen molar-refractivity contribution in [3.05, 3.63) is 0 Å². The van der Waals surface area contributed by atoms with E-state index in [1.165, 1.54) is 70.9 Å². The molecule has 2 saturated carbocycles. The first-order valence-electron chi connectivity index (χ1n) is 9.32. The van der Waals surface area contributed by atoms with Gasteiger partial charge in [0.05, 0.1) is 0 Å². The standard InChI is InChI=1S/C18H34N2/c1-3-8-15-11-18(15)20-13-17(19-12-16(20)4-2)14-9-6-5-7-10-14/h14-19H,3-13H2,1-2H3. The van der Waals surface area contributed by atoms with Crippen molar-refractivity contribution in [2.75, 3.05) is 13.1 Å². The van der Waals surface area contributed by atoms with Crippen LogP contribution in [0.5, 0.6) is 0 Å². The van der Waals surface area contributed by atoms with Gasteiger partial charge in [0.25, 0.3) is 0 Å². The zero-order valence-corrected chi connectivity index (χ0v) is 13.6. The summed E-state index contributed by atoms with van der Waals surface area (Å²) in [7, 11) is 0. The van der Waals surface area contributed by atoms with Gasteiger partial charge < -0.3 is 5.32 Å². The summed E-state index contributed by atoms with van der Waals surface area (Å²) in [6.07, 6.45) is 13.0. The summed E-state index contributed by atoms with van der Waals surface area (Å²) < 4.78 is 0. The fourth-order valence-corrected chi connectivity index (χ4v) is 4.80. The molecule has 116 valence electrons. The molecule has 20 heavy (non-hydrogen) atoms. The molecule has 1 saturated heterocycles. The summed E-state index contributed by atoms with van der Waals surface area (Å²) in [6.45, 7) is 7.30. The Bertz CT molecular complexity index is 298. The molecule has 0 bridgehead atoms. The van der Waals surface area contributed by atoms with Gasteiger partial charge in [-0.25, -0.2) is 0 Å². The van der Waals surface area contributed by atoms with Gasteiger partial charge in [0.2, 0.25) is 0 Å². The van der Waals surface area contributed by atoms with Gasteiger partial charge in [-0.2, -0.15) is 0 Å². The molecular formula is C18H34N2. The van der Waals surface area contributed by atoms with Gasteiger partial charge in [0.15, 0.2) is 0 Å². The van der Waals surface area contributed by atoms with Crippen LogP contribution < -0.4 is 5.32 Å². The summed E-state index contributed by atoms with van der Waals surface area (Å²) in [5.41, 5.74) is 0. The number of rotatable bonds is 5. The largest absolute Gasteiger partial charge is 0.311 e. The van der Waals surface area contributed by atoms with Crippen molar-refractivity contribution in [3.63, 3.8) is 0 Å². The van der Waals surface area contributed by atoms with Crippen molar-refractivity contribution in [2.24, 2.45) is 11.8 Å². The van der Waals surface area contributed by atoms with E-state index in [0.717, 1.165) is 30.0 Å². The Hall–Kier alpha value is -0.0800. The van der Waals surface area contributed by atoms with Crippen molar-refractivity contribution in [1.29, 1.82) is 0 Å². The Labute approximate surface area is 125 Å². The van der Waals surface area contributed by atoms with Crippen molar-refractivity contribution in [2.45, 2.75) is 89.8 Å². The molecule has 3 rings (SSSR count). The van der Waals surface area contributed by atoms with Crippen LogP contribution in [0.15, 0.2) is 0 Å². The highest BCUT2D eigenvalue weighted by Gasteiger charge is 2.45. The molecular weight excluding hydrogens is 244 g/mol. The normalized spacial score (nSPS) is 39.9. The second kappa shape index (κ2) is 6.79. The molecule has 2 heteroatoms. The minimum absolute atomic E-state index is 0.793. The monoisotopic (exact) mass is 278 g/mol. The third kappa shape index (κ3) is 3.22. The Morgan fingerprint density at radius 1 is 1.10 bits per heavy atom. The van der Waals surface area contributed by atoms with Gasteiger partial charge in [-0.15, -0.1) is 0 Å². The van der Waals surface area contributed by atoms with Crippen molar-refractivity contribution >= 4 is 0 Å². The van der Waals surface area contributed by atoms with Crippen LogP contribution in [0.25, 0.3) is 0 Å². The second-order valence-corrected chi connectivity index (χ2v) is 7.52. The minimum atomic E-state index is 0.793. The maximum absolute atomic E-state index is 3.91. The predicted octanol–water partition coefficient (Wildman–Crippen LogP) is 3.81. The van der Waals surface area contributed by atoms with E-state index in [1.54, 1.807) is 0 Å². The SMILES string of the molecule is CCCC1CC1N1CC(C2CCCCC2)NCC1CC. The topological polar surface area (TPSA) is 15.3 Å². The summed E-state index contributed by atoms with van der Waals surface area (Å²) in [6, 6.07) is 2.54. The molecule has 4 unspecified atom stereocenters. The molecule has 1 heterocycles. The summed E-state index contributed by atoms with van der Waals surface area (Å²) in [5, 5.41) is 3.91. The smallest absolute Gasteiger partial charge is 0.0224 e. The van der Waals surface area contributed by atoms with E-state index < -0.39 is 0 Å². The van der Waals surface area contributed by atoms with Crippen molar-refractivity contribution in [3.8, 4) is 0 Å². The molecule has 3 fully saturated rings. The third-order valence-corrected chi connectivity index (χ3v) is 6.15. The number of piperazine rings is 1. The molecule has 2 aliphatic carbocycles.